The smallest absolute Gasteiger partial charge is 0.303 e. The monoisotopic (exact) mass is 345 g/mol. The van der Waals surface area contributed by atoms with Crippen LogP contribution in [0.1, 0.15) is 36.2 Å². The van der Waals surface area contributed by atoms with Gasteiger partial charge >= 0.3 is 5.97 Å². The summed E-state index contributed by atoms with van der Waals surface area (Å²) in [5.74, 6) is -1.15. The molecule has 1 fully saturated rings. The summed E-state index contributed by atoms with van der Waals surface area (Å²) < 4.78 is 14.5. The number of rotatable bonds is 4. The summed E-state index contributed by atoms with van der Waals surface area (Å²) in [5.41, 5.74) is 1.01. The van der Waals surface area contributed by atoms with Gasteiger partial charge in [-0.05, 0) is 55.5 Å². The van der Waals surface area contributed by atoms with E-state index in [2.05, 4.69) is 5.10 Å². The number of hydrogen-bond donors (Lipinski definition) is 1. The molecule has 1 aliphatic heterocycles. The number of carbonyl (C=O) groups is 2. The van der Waals surface area contributed by atoms with E-state index in [0.717, 1.165) is 12.8 Å². The van der Waals surface area contributed by atoms with Crippen molar-refractivity contribution in [3.63, 3.8) is 0 Å². The Hall–Kier alpha value is -2.70. The number of hydrogen-bond acceptors (Lipinski definition) is 3. The summed E-state index contributed by atoms with van der Waals surface area (Å²) in [6.07, 6.45) is 4.13. The zero-order chi connectivity index (χ0) is 17.8. The number of benzene rings is 1. The lowest BCUT2D eigenvalue weighted by Crippen LogP contribution is -2.32. The van der Waals surface area contributed by atoms with Gasteiger partial charge in [0.2, 0.25) is 0 Å². The van der Waals surface area contributed by atoms with Crippen LogP contribution in [0.2, 0.25) is 0 Å². The first-order valence-electron chi connectivity index (χ1n) is 8.35. The van der Waals surface area contributed by atoms with Gasteiger partial charge in [-0.3, -0.25) is 9.59 Å². The Morgan fingerprint density at radius 2 is 1.92 bits per heavy atom. The number of amides is 1. The number of carbonyl (C=O) groups excluding carboxylic acids is 1. The Labute approximate surface area is 144 Å². The van der Waals surface area contributed by atoms with Crippen molar-refractivity contribution in [2.24, 2.45) is 5.92 Å². The van der Waals surface area contributed by atoms with Crippen LogP contribution in [0.15, 0.2) is 36.5 Å². The fourth-order valence-corrected chi connectivity index (χ4v) is 3.16. The van der Waals surface area contributed by atoms with Crippen LogP contribution in [0.5, 0.6) is 0 Å². The minimum absolute atomic E-state index is 0.118. The number of aromatic nitrogens is 2. The summed E-state index contributed by atoms with van der Waals surface area (Å²) in [4.78, 5) is 25.2. The molecule has 1 atom stereocenters. The molecule has 25 heavy (non-hydrogen) atoms. The highest BCUT2D eigenvalue weighted by Gasteiger charge is 2.24. The summed E-state index contributed by atoms with van der Waals surface area (Å²) in [6.45, 7) is 1.15. The molecule has 0 aliphatic carbocycles. The van der Waals surface area contributed by atoms with Gasteiger partial charge in [0.05, 0.1) is 5.69 Å². The van der Waals surface area contributed by atoms with Gasteiger partial charge in [0.1, 0.15) is 5.82 Å². The van der Waals surface area contributed by atoms with E-state index in [0.29, 0.717) is 30.9 Å². The minimum atomic E-state index is -0.789. The third kappa shape index (κ3) is 4.23. The zero-order valence-corrected chi connectivity index (χ0v) is 13.8. The Bertz CT molecular complexity index is 757. The van der Waals surface area contributed by atoms with Crippen molar-refractivity contribution in [1.82, 2.24) is 14.7 Å². The Morgan fingerprint density at radius 1 is 1.16 bits per heavy atom. The largest absolute Gasteiger partial charge is 0.481 e. The van der Waals surface area contributed by atoms with Crippen molar-refractivity contribution >= 4 is 11.9 Å². The molecule has 1 aromatic heterocycles. The van der Waals surface area contributed by atoms with Crippen molar-refractivity contribution in [2.45, 2.75) is 25.7 Å². The minimum Gasteiger partial charge on any atom is -0.481 e. The molecule has 7 heteroatoms. The Morgan fingerprint density at radius 3 is 2.64 bits per heavy atom. The lowest BCUT2D eigenvalue weighted by atomic mass is 9.97. The number of carboxylic acid groups (broad SMARTS) is 1. The van der Waals surface area contributed by atoms with Crippen LogP contribution in [-0.2, 0) is 4.79 Å². The molecule has 2 heterocycles. The molecular weight excluding hydrogens is 325 g/mol. The van der Waals surface area contributed by atoms with Crippen molar-refractivity contribution in [2.75, 3.05) is 13.1 Å². The van der Waals surface area contributed by atoms with Crippen molar-refractivity contribution < 1.29 is 19.1 Å². The van der Waals surface area contributed by atoms with Gasteiger partial charge in [0.25, 0.3) is 5.91 Å². The summed E-state index contributed by atoms with van der Waals surface area (Å²) in [5, 5.41) is 13.2. The molecule has 6 nitrogen and oxygen atoms in total. The maximum atomic E-state index is 13.0. The quantitative estimate of drug-likeness (QED) is 0.924. The lowest BCUT2D eigenvalue weighted by Gasteiger charge is -2.19. The zero-order valence-electron chi connectivity index (χ0n) is 13.8. The van der Waals surface area contributed by atoms with E-state index in [4.69, 9.17) is 5.11 Å². The van der Waals surface area contributed by atoms with E-state index in [-0.39, 0.29) is 24.1 Å². The first-order chi connectivity index (χ1) is 12.0. The van der Waals surface area contributed by atoms with Gasteiger partial charge < -0.3 is 10.0 Å². The van der Waals surface area contributed by atoms with E-state index in [1.807, 2.05) is 0 Å². The lowest BCUT2D eigenvalue weighted by molar-refractivity contribution is -0.138. The van der Waals surface area contributed by atoms with Crippen molar-refractivity contribution in [1.29, 1.82) is 0 Å². The third-order valence-electron chi connectivity index (χ3n) is 4.50. The van der Waals surface area contributed by atoms with Crippen molar-refractivity contribution in [3.05, 3.63) is 48.0 Å². The predicted molar refractivity (Wildman–Crippen MR) is 89.0 cm³/mol. The first-order valence-corrected chi connectivity index (χ1v) is 8.35. The topological polar surface area (TPSA) is 75.4 Å². The van der Waals surface area contributed by atoms with Gasteiger partial charge in [-0.1, -0.05) is 0 Å². The highest BCUT2D eigenvalue weighted by Crippen LogP contribution is 2.21. The maximum Gasteiger partial charge on any atom is 0.303 e. The fourth-order valence-electron chi connectivity index (χ4n) is 3.16. The van der Waals surface area contributed by atoms with Gasteiger partial charge in [-0.2, -0.15) is 5.10 Å². The van der Waals surface area contributed by atoms with Gasteiger partial charge in [0, 0.05) is 25.7 Å². The highest BCUT2D eigenvalue weighted by molar-refractivity contribution is 5.92. The number of carboxylic acids is 1. The Balaban J connectivity index is 1.67. The van der Waals surface area contributed by atoms with E-state index in [1.165, 1.54) is 16.8 Å². The van der Waals surface area contributed by atoms with E-state index < -0.39 is 5.97 Å². The summed E-state index contributed by atoms with van der Waals surface area (Å²) in [6, 6.07) is 7.52. The molecule has 1 amide bonds. The van der Waals surface area contributed by atoms with E-state index in [9.17, 15) is 14.0 Å². The molecule has 0 spiro atoms. The van der Waals surface area contributed by atoms with Crippen LogP contribution in [0.3, 0.4) is 0 Å². The number of likely N-dealkylation sites (tertiary alicyclic amines) is 1. The SMILES string of the molecule is O=C(O)C[C@H]1CCCN(C(=O)c2ccn(-c3ccc(F)cc3)n2)CC1. The van der Waals surface area contributed by atoms with Crippen LogP contribution in [0.25, 0.3) is 5.69 Å². The number of nitrogens with zero attached hydrogens (tertiary/aromatic N) is 3. The maximum absolute atomic E-state index is 13.0. The average molecular weight is 345 g/mol. The molecule has 0 saturated carbocycles. The standard InChI is InChI=1S/C18H20FN3O3/c19-14-3-5-15(6-4-14)22-11-8-16(20-22)18(25)21-9-1-2-13(7-10-21)12-17(23)24/h3-6,8,11,13H,1-2,7,9-10,12H2,(H,23,24)/t13-/m0/s1. The van der Waals surface area contributed by atoms with E-state index >= 15 is 0 Å². The van der Waals surface area contributed by atoms with Crippen LogP contribution in [0.4, 0.5) is 4.39 Å². The normalized spacial score (nSPS) is 18.0. The second-order valence-corrected chi connectivity index (χ2v) is 6.31. The fraction of sp³-hybridized carbons (Fsp3) is 0.389. The molecule has 0 radical (unpaired) electrons. The molecule has 1 N–H and O–H groups in total. The van der Waals surface area contributed by atoms with Gasteiger partial charge in [-0.25, -0.2) is 9.07 Å². The second kappa shape index (κ2) is 7.46. The number of halogens is 1. The van der Waals surface area contributed by atoms with Gasteiger partial charge in [0.15, 0.2) is 5.69 Å². The molecule has 2 aromatic rings. The predicted octanol–water partition coefficient (Wildman–Crippen LogP) is 2.73. The second-order valence-electron chi connectivity index (χ2n) is 6.31. The molecule has 132 valence electrons. The molecule has 3 rings (SSSR count). The van der Waals surface area contributed by atoms with Crippen molar-refractivity contribution in [3.8, 4) is 5.69 Å². The molecule has 0 bridgehead atoms. The first kappa shape index (κ1) is 17.1. The van der Waals surface area contributed by atoms with Crippen LogP contribution >= 0.6 is 0 Å². The summed E-state index contributed by atoms with van der Waals surface area (Å²) in [7, 11) is 0. The molecule has 1 saturated heterocycles. The van der Waals surface area contributed by atoms with Crippen LogP contribution < -0.4 is 0 Å². The molecular formula is C18H20FN3O3. The van der Waals surface area contributed by atoms with E-state index in [1.54, 1.807) is 29.3 Å². The van der Waals surface area contributed by atoms with Crippen LogP contribution in [-0.4, -0.2) is 44.8 Å². The average Bonchev–Trinajstić information content (AvgIpc) is 2.96. The molecule has 1 aromatic carbocycles. The molecule has 1 aliphatic rings. The third-order valence-corrected chi connectivity index (χ3v) is 4.50. The number of aliphatic carboxylic acids is 1. The summed E-state index contributed by atoms with van der Waals surface area (Å²) >= 11 is 0. The molecule has 0 unspecified atom stereocenters. The van der Waals surface area contributed by atoms with Gasteiger partial charge in [-0.15, -0.1) is 0 Å². The van der Waals surface area contributed by atoms with Crippen LogP contribution in [0, 0.1) is 11.7 Å². The Kier molecular flexibility index (Phi) is 5.11. The highest BCUT2D eigenvalue weighted by atomic mass is 19.1.